The summed E-state index contributed by atoms with van der Waals surface area (Å²) in [5.41, 5.74) is 0.740. The summed E-state index contributed by atoms with van der Waals surface area (Å²) in [6.45, 7) is 2.40. The van der Waals surface area contributed by atoms with Gasteiger partial charge < -0.3 is 18.9 Å². The zero-order valence-corrected chi connectivity index (χ0v) is 20.6. The lowest BCUT2D eigenvalue weighted by atomic mass is 10.2. The molecule has 3 heterocycles. The van der Waals surface area contributed by atoms with Gasteiger partial charge in [-0.25, -0.2) is 17.8 Å². The maximum absolute atomic E-state index is 14.2. The molecule has 2 aromatic rings. The summed E-state index contributed by atoms with van der Waals surface area (Å²) in [7, 11) is -3.94. The number of rotatable bonds is 10. The van der Waals surface area contributed by atoms with Gasteiger partial charge in [0.25, 0.3) is 0 Å². The fraction of sp³-hybridized carbons (Fsp3) is 0.600. The van der Waals surface area contributed by atoms with E-state index in [0.29, 0.717) is 32.0 Å². The number of carbonyl (C=O) groups excluding carboxylic acids is 1. The summed E-state index contributed by atoms with van der Waals surface area (Å²) in [4.78, 5) is 19.2. The monoisotopic (exact) mass is 505 g/mol. The molecule has 0 N–H and O–H groups in total. The number of nitrogens with zero attached hydrogens (tertiary/aromatic N) is 3. The predicted molar refractivity (Wildman–Crippen MR) is 126 cm³/mol. The highest BCUT2D eigenvalue weighted by atomic mass is 32.2. The lowest BCUT2D eigenvalue weighted by Gasteiger charge is -2.26. The third-order valence-electron chi connectivity index (χ3n) is 6.93. The number of amides is 1. The molecule has 1 amide bonds. The maximum atomic E-state index is 14.2. The summed E-state index contributed by atoms with van der Waals surface area (Å²) >= 11 is 0. The smallest absolute Gasteiger partial charge is 0.228 e. The molecule has 10 heteroatoms. The van der Waals surface area contributed by atoms with Crippen LogP contribution in [0.3, 0.4) is 0 Å². The van der Waals surface area contributed by atoms with E-state index in [1.807, 2.05) is 0 Å². The zero-order valence-electron chi connectivity index (χ0n) is 19.8. The van der Waals surface area contributed by atoms with Crippen molar-refractivity contribution in [3.8, 4) is 0 Å². The zero-order chi connectivity index (χ0) is 24.4. The topological polar surface area (TPSA) is 90.7 Å². The van der Waals surface area contributed by atoms with E-state index >= 15 is 0 Å². The Kier molecular flexibility index (Phi) is 7.22. The molecule has 0 bridgehead atoms. The van der Waals surface area contributed by atoms with Crippen molar-refractivity contribution in [3.63, 3.8) is 0 Å². The van der Waals surface area contributed by atoms with E-state index < -0.39 is 21.4 Å². The molecular formula is C25H32FN3O5S. The molecule has 2 atom stereocenters. The summed E-state index contributed by atoms with van der Waals surface area (Å²) in [5, 5.41) is -0.109. The van der Waals surface area contributed by atoms with E-state index in [2.05, 4.69) is 4.98 Å². The minimum absolute atomic E-state index is 0.00324. The van der Waals surface area contributed by atoms with E-state index in [1.54, 1.807) is 15.5 Å². The van der Waals surface area contributed by atoms with Crippen molar-refractivity contribution in [2.45, 2.75) is 74.7 Å². The van der Waals surface area contributed by atoms with Gasteiger partial charge in [-0.15, -0.1) is 0 Å². The Morgan fingerprint density at radius 3 is 2.46 bits per heavy atom. The van der Waals surface area contributed by atoms with Gasteiger partial charge in [-0.1, -0.05) is 18.2 Å². The van der Waals surface area contributed by atoms with Gasteiger partial charge >= 0.3 is 0 Å². The molecule has 0 radical (unpaired) electrons. The first-order valence-electron chi connectivity index (χ1n) is 12.4. The fourth-order valence-corrected chi connectivity index (χ4v) is 6.40. The normalized spacial score (nSPS) is 22.5. The van der Waals surface area contributed by atoms with Crippen LogP contribution >= 0.6 is 0 Å². The number of imidazole rings is 1. The molecule has 3 aliphatic rings. The van der Waals surface area contributed by atoms with E-state index in [-0.39, 0.29) is 41.3 Å². The number of aromatic nitrogens is 2. The molecule has 2 aliphatic heterocycles. The Labute approximate surface area is 205 Å². The number of hydrogen-bond donors (Lipinski definition) is 0. The number of ether oxygens (including phenoxy) is 2. The summed E-state index contributed by atoms with van der Waals surface area (Å²) in [6.07, 6.45) is 6.80. The van der Waals surface area contributed by atoms with Crippen LogP contribution < -0.4 is 0 Å². The van der Waals surface area contributed by atoms with E-state index in [9.17, 15) is 17.6 Å². The van der Waals surface area contributed by atoms with Gasteiger partial charge in [0.05, 0.1) is 42.9 Å². The largest absolute Gasteiger partial charge is 0.376 e. The van der Waals surface area contributed by atoms with E-state index in [4.69, 9.17) is 9.47 Å². The lowest BCUT2D eigenvalue weighted by Crippen LogP contribution is -2.38. The Morgan fingerprint density at radius 1 is 1.09 bits per heavy atom. The average molecular weight is 506 g/mol. The van der Waals surface area contributed by atoms with Crippen LogP contribution in [0.4, 0.5) is 4.39 Å². The molecule has 35 heavy (non-hydrogen) atoms. The SMILES string of the molecule is O=C(C1CC1)N(Cc1cnc(S(=O)(=O)Cc2ccccc2F)n1C[C@H]1CCCO1)C[C@H]1CCCO1. The van der Waals surface area contributed by atoms with Gasteiger partial charge in [0, 0.05) is 31.2 Å². The second-order valence-electron chi connectivity index (χ2n) is 9.76. The van der Waals surface area contributed by atoms with Crippen LogP contribution in [0.1, 0.15) is 49.8 Å². The standard InChI is InChI=1S/C25H32FN3O5S/c26-23-8-2-1-5-19(23)17-35(31,32)25-27-13-20(29(25)16-22-7-4-12-34-22)14-28(24(30)18-9-10-18)15-21-6-3-11-33-21/h1-2,5,8,13,18,21-22H,3-4,6-7,9-12,14-17H2/t21-,22-/m1/s1. The van der Waals surface area contributed by atoms with Crippen LogP contribution in [-0.2, 0) is 42.9 Å². The van der Waals surface area contributed by atoms with Crippen molar-refractivity contribution in [2.75, 3.05) is 19.8 Å². The van der Waals surface area contributed by atoms with E-state index in [1.165, 1.54) is 24.4 Å². The Hall–Kier alpha value is -2.30. The third-order valence-corrected chi connectivity index (χ3v) is 8.51. The minimum Gasteiger partial charge on any atom is -0.376 e. The average Bonchev–Trinajstić information content (AvgIpc) is 3.18. The van der Waals surface area contributed by atoms with E-state index in [0.717, 1.165) is 38.5 Å². The highest BCUT2D eigenvalue weighted by molar-refractivity contribution is 7.90. The second-order valence-corrected chi connectivity index (χ2v) is 11.6. The minimum atomic E-state index is -3.94. The summed E-state index contributed by atoms with van der Waals surface area (Å²) < 4.78 is 54.2. The number of benzene rings is 1. The van der Waals surface area contributed by atoms with Gasteiger partial charge in [-0.3, -0.25) is 4.79 Å². The molecule has 2 saturated heterocycles. The quantitative estimate of drug-likeness (QED) is 0.493. The number of sulfone groups is 1. The second kappa shape index (κ2) is 10.4. The molecule has 8 nitrogen and oxygen atoms in total. The molecule has 1 aliphatic carbocycles. The summed E-state index contributed by atoms with van der Waals surface area (Å²) in [5.74, 6) is -0.926. The maximum Gasteiger partial charge on any atom is 0.228 e. The fourth-order valence-electron chi connectivity index (χ4n) is 4.89. The predicted octanol–water partition coefficient (Wildman–Crippen LogP) is 3.09. The molecule has 5 rings (SSSR count). The van der Waals surface area contributed by atoms with Crippen molar-refractivity contribution in [1.29, 1.82) is 0 Å². The molecule has 0 spiro atoms. The van der Waals surface area contributed by atoms with Crippen LogP contribution in [-0.4, -0.2) is 60.7 Å². The van der Waals surface area contributed by atoms with Crippen molar-refractivity contribution in [3.05, 3.63) is 47.5 Å². The third kappa shape index (κ3) is 5.76. The molecule has 3 fully saturated rings. The molecule has 190 valence electrons. The van der Waals surface area contributed by atoms with Crippen molar-refractivity contribution in [1.82, 2.24) is 14.5 Å². The van der Waals surface area contributed by atoms with Crippen LogP contribution in [0.25, 0.3) is 0 Å². The lowest BCUT2D eigenvalue weighted by molar-refractivity contribution is -0.134. The Bertz CT molecular complexity index is 1150. The Morgan fingerprint density at radius 2 is 1.80 bits per heavy atom. The van der Waals surface area contributed by atoms with Crippen molar-refractivity contribution >= 4 is 15.7 Å². The molecular weight excluding hydrogens is 473 g/mol. The highest BCUT2D eigenvalue weighted by Crippen LogP contribution is 2.32. The highest BCUT2D eigenvalue weighted by Gasteiger charge is 2.36. The Balaban J connectivity index is 1.44. The first-order valence-corrected chi connectivity index (χ1v) is 14.1. The van der Waals surface area contributed by atoms with Gasteiger partial charge in [0.15, 0.2) is 0 Å². The van der Waals surface area contributed by atoms with Crippen LogP contribution in [0.5, 0.6) is 0 Å². The first-order chi connectivity index (χ1) is 16.9. The van der Waals surface area contributed by atoms with Crippen LogP contribution in [0.2, 0.25) is 0 Å². The number of carbonyl (C=O) groups is 1. The van der Waals surface area contributed by atoms with Gasteiger partial charge in [0.1, 0.15) is 5.82 Å². The summed E-state index contributed by atoms with van der Waals surface area (Å²) in [6, 6.07) is 5.87. The number of halogens is 1. The number of hydrogen-bond acceptors (Lipinski definition) is 6. The molecule has 1 aromatic carbocycles. The first kappa shape index (κ1) is 24.4. The van der Waals surface area contributed by atoms with Crippen LogP contribution in [0, 0.1) is 11.7 Å². The molecule has 0 unspecified atom stereocenters. The van der Waals surface area contributed by atoms with Crippen LogP contribution in [0.15, 0.2) is 35.6 Å². The van der Waals surface area contributed by atoms with Crippen molar-refractivity contribution in [2.24, 2.45) is 5.92 Å². The van der Waals surface area contributed by atoms with Gasteiger partial charge in [0.2, 0.25) is 20.9 Å². The molecule has 1 saturated carbocycles. The van der Waals surface area contributed by atoms with Gasteiger partial charge in [-0.2, -0.15) is 0 Å². The van der Waals surface area contributed by atoms with Crippen molar-refractivity contribution < 1.29 is 27.1 Å². The molecule has 1 aromatic heterocycles. The van der Waals surface area contributed by atoms with Gasteiger partial charge in [-0.05, 0) is 44.6 Å².